The number of hydrogen-bond donors (Lipinski definition) is 2. The number of Topliss-reactive ketones (excluding diaryl/α,β-unsaturated/α-hetero) is 1. The fraction of sp³-hybridized carbons (Fsp3) is 0.421. The highest BCUT2D eigenvalue weighted by molar-refractivity contribution is 6.08. The summed E-state index contributed by atoms with van der Waals surface area (Å²) in [7, 11) is 0. The van der Waals surface area contributed by atoms with Crippen molar-refractivity contribution in [1.29, 1.82) is 0 Å². The van der Waals surface area contributed by atoms with Crippen molar-refractivity contribution in [3.05, 3.63) is 46.7 Å². The van der Waals surface area contributed by atoms with E-state index in [4.69, 9.17) is 5.11 Å². The first-order chi connectivity index (χ1) is 11.8. The van der Waals surface area contributed by atoms with Crippen LogP contribution in [0.3, 0.4) is 0 Å². The van der Waals surface area contributed by atoms with Crippen molar-refractivity contribution in [3.63, 3.8) is 0 Å². The van der Waals surface area contributed by atoms with Crippen molar-refractivity contribution in [1.82, 2.24) is 4.90 Å². The quantitative estimate of drug-likeness (QED) is 0.706. The van der Waals surface area contributed by atoms with Gasteiger partial charge >= 0.3 is 5.97 Å². The van der Waals surface area contributed by atoms with Gasteiger partial charge in [0.1, 0.15) is 0 Å². The van der Waals surface area contributed by atoms with Gasteiger partial charge in [-0.05, 0) is 32.3 Å². The Balaban J connectivity index is 2.19. The van der Waals surface area contributed by atoms with Crippen LogP contribution in [-0.4, -0.2) is 39.3 Å². The number of carbonyl (C=O) groups is 3. The summed E-state index contributed by atoms with van der Waals surface area (Å²) in [6.07, 6.45) is 1.90. The van der Waals surface area contributed by atoms with Gasteiger partial charge in [0.2, 0.25) is 0 Å². The summed E-state index contributed by atoms with van der Waals surface area (Å²) in [5.41, 5.74) is 1.96. The summed E-state index contributed by atoms with van der Waals surface area (Å²) < 4.78 is 0. The van der Waals surface area contributed by atoms with E-state index in [0.717, 1.165) is 11.1 Å². The molecule has 25 heavy (non-hydrogen) atoms. The summed E-state index contributed by atoms with van der Waals surface area (Å²) in [5.74, 6) is -2.20. The summed E-state index contributed by atoms with van der Waals surface area (Å²) in [4.78, 5) is 36.5. The summed E-state index contributed by atoms with van der Waals surface area (Å²) >= 11 is 0. The summed E-state index contributed by atoms with van der Waals surface area (Å²) in [6, 6.07) is 6.92. The average Bonchev–Trinajstić information content (AvgIpc) is 2.80. The third-order valence-corrected chi connectivity index (χ3v) is 4.37. The average molecular weight is 345 g/mol. The molecule has 0 unspecified atom stereocenters. The molecular formula is C19H23NO5. The van der Waals surface area contributed by atoms with Crippen molar-refractivity contribution in [3.8, 4) is 0 Å². The molecule has 0 aliphatic carbocycles. The lowest BCUT2D eigenvalue weighted by Gasteiger charge is -2.26. The third kappa shape index (κ3) is 4.26. The third-order valence-electron chi connectivity index (χ3n) is 4.37. The number of aryl methyl sites for hydroxylation is 1. The molecule has 1 aliphatic heterocycles. The molecular weight excluding hydrogens is 322 g/mol. The van der Waals surface area contributed by atoms with Gasteiger partial charge in [-0.1, -0.05) is 36.2 Å². The van der Waals surface area contributed by atoms with Crippen LogP contribution < -0.4 is 0 Å². The maximum Gasteiger partial charge on any atom is 0.303 e. The van der Waals surface area contributed by atoms with E-state index in [2.05, 4.69) is 0 Å². The summed E-state index contributed by atoms with van der Waals surface area (Å²) in [5, 5.41) is 18.8. The number of ketones is 1. The minimum atomic E-state index is -0.840. The number of nitrogens with zero attached hydrogens (tertiary/aromatic N) is 1. The molecule has 0 saturated heterocycles. The molecule has 134 valence electrons. The number of unbranched alkanes of at least 4 members (excludes halogenated alkanes) is 2. The van der Waals surface area contributed by atoms with Gasteiger partial charge in [0.15, 0.2) is 11.5 Å². The number of benzene rings is 1. The number of aliphatic hydroxyl groups excluding tert-OH is 1. The van der Waals surface area contributed by atoms with E-state index in [0.29, 0.717) is 25.8 Å². The monoisotopic (exact) mass is 345 g/mol. The molecule has 2 N–H and O–H groups in total. The van der Waals surface area contributed by atoms with Gasteiger partial charge in [-0.25, -0.2) is 0 Å². The van der Waals surface area contributed by atoms with Crippen LogP contribution in [-0.2, 0) is 14.4 Å². The standard InChI is InChI=1S/C19H23NO5/c1-12-7-9-14(10-8-12)17-16(13(2)21)18(24)19(25)20(17)11-5-3-4-6-15(22)23/h7-10,17,24H,3-6,11H2,1-2H3,(H,22,23)/t17-/m0/s1. The number of rotatable bonds is 8. The van der Waals surface area contributed by atoms with Crippen molar-refractivity contribution in [2.75, 3.05) is 6.54 Å². The second-order valence-corrected chi connectivity index (χ2v) is 6.33. The molecule has 1 heterocycles. The normalized spacial score (nSPS) is 17.3. The molecule has 6 heteroatoms. The van der Waals surface area contributed by atoms with E-state index in [9.17, 15) is 19.5 Å². The lowest BCUT2D eigenvalue weighted by Crippen LogP contribution is -2.32. The molecule has 0 fully saturated rings. The Morgan fingerprint density at radius 3 is 2.32 bits per heavy atom. The topological polar surface area (TPSA) is 94.9 Å². The zero-order valence-corrected chi connectivity index (χ0v) is 14.5. The number of aliphatic hydroxyl groups is 1. The van der Waals surface area contributed by atoms with Crippen LogP contribution in [0.1, 0.15) is 49.8 Å². The van der Waals surface area contributed by atoms with Crippen LogP contribution in [0, 0.1) is 6.92 Å². The van der Waals surface area contributed by atoms with Crippen molar-refractivity contribution in [2.45, 2.75) is 45.6 Å². The van der Waals surface area contributed by atoms with Crippen molar-refractivity contribution in [2.24, 2.45) is 0 Å². The van der Waals surface area contributed by atoms with E-state index < -0.39 is 23.7 Å². The zero-order valence-electron chi connectivity index (χ0n) is 14.5. The van der Waals surface area contributed by atoms with Crippen LogP contribution in [0.5, 0.6) is 0 Å². The Morgan fingerprint density at radius 2 is 1.76 bits per heavy atom. The number of carboxylic acid groups (broad SMARTS) is 1. The molecule has 1 aliphatic rings. The minimum absolute atomic E-state index is 0.0948. The SMILES string of the molecule is CC(=O)C1=C(O)C(=O)N(CCCCCC(=O)O)[C@H]1c1ccc(C)cc1. The fourth-order valence-electron chi connectivity index (χ4n) is 3.07. The highest BCUT2D eigenvalue weighted by Crippen LogP contribution is 2.37. The van der Waals surface area contributed by atoms with Gasteiger partial charge in [0, 0.05) is 13.0 Å². The van der Waals surface area contributed by atoms with Crippen LogP contribution in [0.4, 0.5) is 0 Å². The van der Waals surface area contributed by atoms with Gasteiger partial charge in [-0.2, -0.15) is 0 Å². The Hall–Kier alpha value is -2.63. The zero-order chi connectivity index (χ0) is 18.6. The molecule has 0 saturated carbocycles. The number of carbonyl (C=O) groups excluding carboxylic acids is 2. The molecule has 0 aromatic heterocycles. The Bertz CT molecular complexity index is 705. The number of hydrogen-bond acceptors (Lipinski definition) is 4. The lowest BCUT2D eigenvalue weighted by atomic mass is 9.96. The van der Waals surface area contributed by atoms with Gasteiger partial charge in [-0.3, -0.25) is 14.4 Å². The molecule has 1 atom stereocenters. The van der Waals surface area contributed by atoms with Crippen molar-refractivity contribution >= 4 is 17.7 Å². The number of amides is 1. The van der Waals surface area contributed by atoms with Gasteiger partial charge in [-0.15, -0.1) is 0 Å². The van der Waals surface area contributed by atoms with Gasteiger partial charge in [0.25, 0.3) is 5.91 Å². The van der Waals surface area contributed by atoms with Crippen LogP contribution in [0.2, 0.25) is 0 Å². The fourth-order valence-corrected chi connectivity index (χ4v) is 3.07. The smallest absolute Gasteiger partial charge is 0.303 e. The Morgan fingerprint density at radius 1 is 1.12 bits per heavy atom. The molecule has 0 spiro atoms. The highest BCUT2D eigenvalue weighted by atomic mass is 16.4. The summed E-state index contributed by atoms with van der Waals surface area (Å²) in [6.45, 7) is 3.65. The highest BCUT2D eigenvalue weighted by Gasteiger charge is 2.41. The molecule has 0 bridgehead atoms. The molecule has 1 aromatic rings. The molecule has 1 aromatic carbocycles. The van der Waals surface area contributed by atoms with Crippen molar-refractivity contribution < 1.29 is 24.6 Å². The molecule has 0 radical (unpaired) electrons. The predicted octanol–water partition coefficient (Wildman–Crippen LogP) is 2.92. The van der Waals surface area contributed by atoms with Crippen LogP contribution in [0.25, 0.3) is 0 Å². The predicted molar refractivity (Wildman–Crippen MR) is 92.1 cm³/mol. The molecule has 6 nitrogen and oxygen atoms in total. The first-order valence-corrected chi connectivity index (χ1v) is 8.36. The van der Waals surface area contributed by atoms with Crippen LogP contribution in [0.15, 0.2) is 35.6 Å². The van der Waals surface area contributed by atoms with Crippen LogP contribution >= 0.6 is 0 Å². The van der Waals surface area contributed by atoms with E-state index >= 15 is 0 Å². The Labute approximate surface area is 146 Å². The maximum atomic E-state index is 12.4. The first kappa shape index (κ1) is 18.7. The lowest BCUT2D eigenvalue weighted by molar-refractivity contribution is -0.137. The van der Waals surface area contributed by atoms with Gasteiger partial charge in [0.05, 0.1) is 11.6 Å². The minimum Gasteiger partial charge on any atom is -0.503 e. The molecule has 1 amide bonds. The second kappa shape index (κ2) is 7.96. The Kier molecular flexibility index (Phi) is 5.96. The first-order valence-electron chi connectivity index (χ1n) is 8.36. The van der Waals surface area contributed by atoms with E-state index in [-0.39, 0.29) is 17.8 Å². The van der Waals surface area contributed by atoms with Gasteiger partial charge < -0.3 is 15.1 Å². The second-order valence-electron chi connectivity index (χ2n) is 6.33. The van der Waals surface area contributed by atoms with E-state index in [1.165, 1.54) is 11.8 Å². The maximum absolute atomic E-state index is 12.4. The number of carboxylic acids is 1. The van der Waals surface area contributed by atoms with E-state index in [1.54, 1.807) is 0 Å². The number of aliphatic carboxylic acids is 1. The van der Waals surface area contributed by atoms with E-state index in [1.807, 2.05) is 31.2 Å². The molecule has 2 rings (SSSR count). The largest absolute Gasteiger partial charge is 0.503 e.